The van der Waals surface area contributed by atoms with Crippen LogP contribution in [0.2, 0.25) is 0 Å². The summed E-state index contributed by atoms with van der Waals surface area (Å²) in [6.45, 7) is 1.50. The van der Waals surface area contributed by atoms with Crippen LogP contribution in [0.5, 0.6) is 0 Å². The van der Waals surface area contributed by atoms with E-state index >= 15 is 0 Å². The van der Waals surface area contributed by atoms with Crippen LogP contribution in [-0.2, 0) is 11.0 Å². The van der Waals surface area contributed by atoms with E-state index in [-0.39, 0.29) is 12.2 Å². The number of rotatable bonds is 2. The van der Waals surface area contributed by atoms with E-state index in [1.54, 1.807) is 6.92 Å². The zero-order chi connectivity index (χ0) is 19.0. The molecule has 1 aromatic rings. The third-order valence-electron chi connectivity index (χ3n) is 3.50. The molecule has 1 aliphatic rings. The topological polar surface area (TPSA) is 47.9 Å². The van der Waals surface area contributed by atoms with Crippen LogP contribution in [0.25, 0.3) is 0 Å². The van der Waals surface area contributed by atoms with Gasteiger partial charge in [-0.15, -0.1) is 0 Å². The largest absolute Gasteiger partial charge is 0.471 e. The van der Waals surface area contributed by atoms with Gasteiger partial charge in [0.2, 0.25) is 0 Å². The van der Waals surface area contributed by atoms with Gasteiger partial charge in [-0.1, -0.05) is 6.07 Å². The molecule has 1 heterocycles. The lowest BCUT2D eigenvalue weighted by Crippen LogP contribution is -2.61. The zero-order valence-electron chi connectivity index (χ0n) is 13.1. The van der Waals surface area contributed by atoms with E-state index in [9.17, 15) is 31.1 Å². The molecule has 0 aliphatic carbocycles. The second-order valence-electron chi connectivity index (χ2n) is 5.44. The summed E-state index contributed by atoms with van der Waals surface area (Å²) in [5.74, 6) is -2.14. The zero-order valence-corrected chi connectivity index (χ0v) is 13.1. The number of benzene rings is 1. The number of alkyl halides is 6. The molecule has 1 aliphatic heterocycles. The van der Waals surface area contributed by atoms with Gasteiger partial charge in [-0.25, -0.2) is 0 Å². The lowest BCUT2D eigenvalue weighted by atomic mass is 10.1. The Morgan fingerprint density at radius 3 is 2.48 bits per heavy atom. The van der Waals surface area contributed by atoms with Crippen LogP contribution in [0.1, 0.15) is 12.5 Å². The van der Waals surface area contributed by atoms with E-state index in [0.29, 0.717) is 10.6 Å². The molecule has 1 aromatic carbocycles. The average molecular weight is 368 g/mol. The van der Waals surface area contributed by atoms with Gasteiger partial charge in [0.15, 0.2) is 6.29 Å². The van der Waals surface area contributed by atoms with Crippen LogP contribution in [0, 0.1) is 0 Å². The smallest absolute Gasteiger partial charge is 0.327 e. The van der Waals surface area contributed by atoms with E-state index in [1.807, 2.05) is 0 Å². The molecule has 0 spiro atoms. The number of halogens is 6. The summed E-state index contributed by atoms with van der Waals surface area (Å²) in [5.41, 5.74) is 1.85. The van der Waals surface area contributed by atoms with Crippen LogP contribution in [-0.4, -0.2) is 42.6 Å². The van der Waals surface area contributed by atoms with Crippen molar-refractivity contribution in [2.75, 3.05) is 18.5 Å². The van der Waals surface area contributed by atoms with Gasteiger partial charge in [0.05, 0.1) is 17.8 Å². The third kappa shape index (κ3) is 4.15. The normalized spacial score (nSPS) is 18.5. The number of nitrogens with one attached hydrogen (secondary N) is 1. The molecule has 0 aromatic heterocycles. The molecule has 5 nitrogen and oxygen atoms in total. The van der Waals surface area contributed by atoms with Gasteiger partial charge in [0.1, 0.15) is 0 Å². The highest BCUT2D eigenvalue weighted by Gasteiger charge is 2.45. The number of hydrogen-bond donors (Lipinski definition) is 1. The maximum absolute atomic E-state index is 12.9. The number of nitrogens with zero attached hydrogens (tertiary/aromatic N) is 3. The van der Waals surface area contributed by atoms with Crippen molar-refractivity contribution in [1.82, 2.24) is 10.3 Å². The highest BCUT2D eigenvalue weighted by atomic mass is 19.4. The standard InChI is InChI=1S/C14H14F6N4O/c1-8-7-24(10-5-3-4-9(6-10)13(15,16)17)12(22-21-8)23(2)11(25)14(18,19)20/h3-6,12,22H,7H2,1-2H3. The molecular weight excluding hydrogens is 354 g/mol. The van der Waals surface area contributed by atoms with Crippen LogP contribution in [0.3, 0.4) is 0 Å². The first-order valence-corrected chi connectivity index (χ1v) is 6.98. The number of hydrogen-bond acceptors (Lipinski definition) is 4. The average Bonchev–Trinajstić information content (AvgIpc) is 2.52. The molecule has 0 bridgehead atoms. The third-order valence-corrected chi connectivity index (χ3v) is 3.50. The molecule has 0 saturated carbocycles. The predicted octanol–water partition coefficient (Wildman–Crippen LogP) is 2.80. The molecule has 25 heavy (non-hydrogen) atoms. The van der Waals surface area contributed by atoms with E-state index in [1.165, 1.54) is 11.0 Å². The molecule has 0 fully saturated rings. The first-order valence-electron chi connectivity index (χ1n) is 6.98. The van der Waals surface area contributed by atoms with Crippen LogP contribution in [0.15, 0.2) is 29.4 Å². The van der Waals surface area contributed by atoms with Crippen LogP contribution < -0.4 is 10.3 Å². The Balaban J connectivity index is 2.39. The number of anilines is 1. The van der Waals surface area contributed by atoms with Crippen molar-refractivity contribution in [2.24, 2.45) is 5.10 Å². The molecule has 1 amide bonds. The molecule has 2 rings (SSSR count). The fourth-order valence-corrected chi connectivity index (χ4v) is 2.31. The minimum atomic E-state index is -5.12. The minimum absolute atomic E-state index is 0.00315. The quantitative estimate of drug-likeness (QED) is 0.817. The van der Waals surface area contributed by atoms with Crippen LogP contribution in [0.4, 0.5) is 32.0 Å². The molecule has 1 N–H and O–H groups in total. The van der Waals surface area contributed by atoms with E-state index < -0.39 is 30.1 Å². The number of carbonyl (C=O) groups is 1. The van der Waals surface area contributed by atoms with Crippen molar-refractivity contribution in [3.05, 3.63) is 29.8 Å². The molecule has 138 valence electrons. The van der Waals surface area contributed by atoms with Crippen molar-refractivity contribution in [2.45, 2.75) is 25.6 Å². The Morgan fingerprint density at radius 1 is 1.28 bits per heavy atom. The maximum Gasteiger partial charge on any atom is 0.471 e. The molecule has 1 atom stereocenters. The maximum atomic E-state index is 12.9. The Labute approximate surface area is 138 Å². The Kier molecular flexibility index (Phi) is 4.87. The van der Waals surface area contributed by atoms with Crippen molar-refractivity contribution in [3.63, 3.8) is 0 Å². The van der Waals surface area contributed by atoms with Gasteiger partial charge in [0, 0.05) is 12.7 Å². The fourth-order valence-electron chi connectivity index (χ4n) is 2.31. The van der Waals surface area contributed by atoms with Gasteiger partial charge >= 0.3 is 18.3 Å². The first kappa shape index (κ1) is 18.9. The Morgan fingerprint density at radius 2 is 1.92 bits per heavy atom. The minimum Gasteiger partial charge on any atom is -0.327 e. The van der Waals surface area contributed by atoms with E-state index in [2.05, 4.69) is 10.5 Å². The van der Waals surface area contributed by atoms with Crippen molar-refractivity contribution in [3.8, 4) is 0 Å². The number of hydrazone groups is 1. The van der Waals surface area contributed by atoms with Crippen molar-refractivity contribution < 1.29 is 31.1 Å². The monoisotopic (exact) mass is 368 g/mol. The summed E-state index contributed by atoms with van der Waals surface area (Å²) in [6, 6.07) is 4.11. The Bertz CT molecular complexity index is 685. The molecule has 11 heteroatoms. The number of carbonyl (C=O) groups excluding carboxylic acids is 1. The molecular formula is C14H14F6N4O. The van der Waals surface area contributed by atoms with Crippen molar-refractivity contribution >= 4 is 17.3 Å². The van der Waals surface area contributed by atoms with E-state index in [4.69, 9.17) is 0 Å². The summed E-state index contributed by atoms with van der Waals surface area (Å²) < 4.78 is 76.6. The lowest BCUT2D eigenvalue weighted by Gasteiger charge is -2.41. The van der Waals surface area contributed by atoms with E-state index in [0.717, 1.165) is 25.2 Å². The lowest BCUT2D eigenvalue weighted by molar-refractivity contribution is -0.186. The number of amides is 1. The molecule has 1 unspecified atom stereocenters. The highest BCUT2D eigenvalue weighted by Crippen LogP contribution is 2.32. The summed E-state index contributed by atoms with van der Waals surface area (Å²) >= 11 is 0. The van der Waals surface area contributed by atoms with Gasteiger partial charge in [-0.2, -0.15) is 31.4 Å². The fraction of sp³-hybridized carbons (Fsp3) is 0.429. The molecule has 0 radical (unpaired) electrons. The predicted molar refractivity (Wildman–Crippen MR) is 77.6 cm³/mol. The highest BCUT2D eigenvalue weighted by molar-refractivity contribution is 5.88. The van der Waals surface area contributed by atoms with Gasteiger partial charge < -0.3 is 4.90 Å². The summed E-state index contributed by atoms with van der Waals surface area (Å²) in [7, 11) is 0.893. The summed E-state index contributed by atoms with van der Waals surface area (Å²) in [5, 5.41) is 3.79. The van der Waals surface area contributed by atoms with Gasteiger partial charge in [-0.3, -0.25) is 15.1 Å². The van der Waals surface area contributed by atoms with Crippen LogP contribution >= 0.6 is 0 Å². The second kappa shape index (κ2) is 6.45. The van der Waals surface area contributed by atoms with Crippen molar-refractivity contribution in [1.29, 1.82) is 0 Å². The molecule has 0 saturated heterocycles. The Hall–Kier alpha value is -2.46. The SMILES string of the molecule is CC1=NNC(N(C)C(=O)C(F)(F)F)N(c2cccc(C(F)(F)F)c2)C1. The summed E-state index contributed by atoms with van der Waals surface area (Å²) in [6.07, 6.45) is -11.1. The van der Waals surface area contributed by atoms with Gasteiger partial charge in [0.25, 0.3) is 0 Å². The first-order chi connectivity index (χ1) is 11.4. The second-order valence-corrected chi connectivity index (χ2v) is 5.44. The van der Waals surface area contributed by atoms with Gasteiger partial charge in [-0.05, 0) is 25.1 Å². The summed E-state index contributed by atoms with van der Waals surface area (Å²) in [4.78, 5) is 13.0.